The summed E-state index contributed by atoms with van der Waals surface area (Å²) in [5.74, 6) is 0. The summed E-state index contributed by atoms with van der Waals surface area (Å²) in [7, 11) is 0. The molecule has 0 N–H and O–H groups in total. The van der Waals surface area contributed by atoms with Crippen molar-refractivity contribution in [1.29, 1.82) is 0 Å². The molecule has 3 aromatic heterocycles. The zero-order chi connectivity index (χ0) is 11.0. The van der Waals surface area contributed by atoms with E-state index in [9.17, 15) is 0 Å². The first-order chi connectivity index (χ1) is 7.83. The van der Waals surface area contributed by atoms with E-state index in [0.717, 1.165) is 17.8 Å². The van der Waals surface area contributed by atoms with E-state index in [-0.39, 0.29) is 0 Å². The number of pyridine rings is 1. The predicted octanol–water partition coefficient (Wildman–Crippen LogP) is 3.64. The number of fused-ring (bicyclic) bond motifs is 1. The van der Waals surface area contributed by atoms with Gasteiger partial charge in [-0.15, -0.1) is 11.3 Å². The van der Waals surface area contributed by atoms with Crippen molar-refractivity contribution in [1.82, 2.24) is 9.38 Å². The van der Waals surface area contributed by atoms with Gasteiger partial charge < -0.3 is 4.40 Å². The topological polar surface area (TPSA) is 17.3 Å². The first kappa shape index (κ1) is 9.87. The second-order valence-electron chi connectivity index (χ2n) is 3.58. The summed E-state index contributed by atoms with van der Waals surface area (Å²) >= 11 is 7.82. The molecule has 0 fully saturated rings. The van der Waals surface area contributed by atoms with Crippen LogP contribution in [-0.2, 0) is 6.42 Å². The molecule has 0 unspecified atom stereocenters. The van der Waals surface area contributed by atoms with Crippen LogP contribution in [0.25, 0.3) is 5.65 Å². The lowest BCUT2D eigenvalue weighted by molar-refractivity contribution is 1.14. The smallest absolute Gasteiger partial charge is 0.155 e. The lowest BCUT2D eigenvalue weighted by Crippen LogP contribution is -1.82. The molecule has 3 heterocycles. The molecule has 0 bridgehead atoms. The Morgan fingerprint density at radius 3 is 3.00 bits per heavy atom. The van der Waals surface area contributed by atoms with Crippen molar-refractivity contribution in [2.75, 3.05) is 0 Å². The summed E-state index contributed by atoms with van der Waals surface area (Å²) in [6.45, 7) is 0. The van der Waals surface area contributed by atoms with Crippen LogP contribution >= 0.6 is 22.9 Å². The molecular formula is C12H9ClN2S. The summed E-state index contributed by atoms with van der Waals surface area (Å²) in [4.78, 5) is 5.84. The molecule has 80 valence electrons. The fourth-order valence-electron chi connectivity index (χ4n) is 1.71. The molecule has 0 radical (unpaired) electrons. The summed E-state index contributed by atoms with van der Waals surface area (Å²) in [5.41, 5.74) is 1.88. The van der Waals surface area contributed by atoms with Gasteiger partial charge >= 0.3 is 0 Å². The first-order valence-corrected chi connectivity index (χ1v) is 6.23. The molecule has 0 aliphatic heterocycles. The molecule has 0 aromatic carbocycles. The summed E-state index contributed by atoms with van der Waals surface area (Å²) in [5, 5.41) is 2.78. The third-order valence-corrected chi connectivity index (χ3v) is 3.59. The van der Waals surface area contributed by atoms with Gasteiger partial charge in [-0.3, -0.25) is 0 Å². The highest BCUT2D eigenvalue weighted by molar-refractivity contribution is 7.09. The number of halogens is 1. The Bertz CT molecular complexity index is 613. The van der Waals surface area contributed by atoms with Crippen LogP contribution in [0.5, 0.6) is 0 Å². The van der Waals surface area contributed by atoms with E-state index < -0.39 is 0 Å². The number of hydrogen-bond acceptors (Lipinski definition) is 2. The molecule has 2 nitrogen and oxygen atoms in total. The van der Waals surface area contributed by atoms with Crippen LogP contribution in [0.3, 0.4) is 0 Å². The molecule has 0 saturated heterocycles. The average Bonchev–Trinajstić information content (AvgIpc) is 2.88. The maximum absolute atomic E-state index is 6.07. The van der Waals surface area contributed by atoms with Crippen molar-refractivity contribution in [2.24, 2.45) is 0 Å². The third-order valence-electron chi connectivity index (χ3n) is 2.42. The van der Waals surface area contributed by atoms with Crippen LogP contribution in [0.1, 0.15) is 10.6 Å². The first-order valence-electron chi connectivity index (χ1n) is 4.97. The van der Waals surface area contributed by atoms with Gasteiger partial charge in [-0.25, -0.2) is 4.98 Å². The lowest BCUT2D eigenvalue weighted by atomic mass is 10.3. The molecule has 0 aliphatic carbocycles. The Hall–Kier alpha value is -1.32. The molecule has 4 heteroatoms. The van der Waals surface area contributed by atoms with Crippen LogP contribution in [0.15, 0.2) is 42.0 Å². The Balaban J connectivity index is 2.02. The standard InChI is InChI=1S/C12H9ClN2S/c13-11-4-1-5-15-8-9(14-12(11)15)7-10-3-2-6-16-10/h1-6,8H,7H2. The highest BCUT2D eigenvalue weighted by atomic mass is 35.5. The number of rotatable bonds is 2. The Kier molecular flexibility index (Phi) is 2.42. The van der Waals surface area contributed by atoms with Crippen LogP contribution in [0, 0.1) is 0 Å². The van der Waals surface area contributed by atoms with Crippen molar-refractivity contribution in [3.63, 3.8) is 0 Å². The average molecular weight is 249 g/mol. The number of hydrogen-bond donors (Lipinski definition) is 0. The Morgan fingerprint density at radius 2 is 2.25 bits per heavy atom. The second-order valence-corrected chi connectivity index (χ2v) is 5.01. The van der Waals surface area contributed by atoms with E-state index in [1.807, 2.05) is 28.9 Å². The van der Waals surface area contributed by atoms with Crippen LogP contribution < -0.4 is 0 Å². The van der Waals surface area contributed by atoms with E-state index in [1.165, 1.54) is 4.88 Å². The quantitative estimate of drug-likeness (QED) is 0.677. The van der Waals surface area contributed by atoms with Crippen molar-refractivity contribution < 1.29 is 0 Å². The Labute approximate surface area is 102 Å². The minimum absolute atomic E-state index is 0.694. The Morgan fingerprint density at radius 1 is 1.31 bits per heavy atom. The van der Waals surface area contributed by atoms with Gasteiger partial charge in [0.1, 0.15) is 0 Å². The molecule has 3 rings (SSSR count). The second kappa shape index (κ2) is 3.92. The van der Waals surface area contributed by atoms with Gasteiger partial charge in [0.05, 0.1) is 10.7 Å². The van der Waals surface area contributed by atoms with E-state index in [1.54, 1.807) is 11.3 Å². The van der Waals surface area contributed by atoms with Crippen LogP contribution in [0.4, 0.5) is 0 Å². The molecular weight excluding hydrogens is 240 g/mol. The monoisotopic (exact) mass is 248 g/mol. The van der Waals surface area contributed by atoms with Crippen molar-refractivity contribution in [3.05, 3.63) is 57.6 Å². The van der Waals surface area contributed by atoms with Crippen molar-refractivity contribution in [2.45, 2.75) is 6.42 Å². The molecule has 16 heavy (non-hydrogen) atoms. The van der Waals surface area contributed by atoms with Gasteiger partial charge in [-0.2, -0.15) is 0 Å². The van der Waals surface area contributed by atoms with Gasteiger partial charge in [0.15, 0.2) is 5.65 Å². The number of nitrogens with zero attached hydrogens (tertiary/aromatic N) is 2. The zero-order valence-corrected chi connectivity index (χ0v) is 10.0. The highest BCUT2D eigenvalue weighted by Gasteiger charge is 2.05. The highest BCUT2D eigenvalue weighted by Crippen LogP contribution is 2.19. The number of thiophene rings is 1. The lowest BCUT2D eigenvalue weighted by Gasteiger charge is -1.92. The minimum Gasteiger partial charge on any atom is -0.306 e. The van der Waals surface area contributed by atoms with Gasteiger partial charge in [0.25, 0.3) is 0 Å². The van der Waals surface area contributed by atoms with Crippen molar-refractivity contribution >= 4 is 28.6 Å². The summed E-state index contributed by atoms with van der Waals surface area (Å²) < 4.78 is 1.96. The molecule has 0 spiro atoms. The minimum atomic E-state index is 0.694. The van der Waals surface area contributed by atoms with E-state index >= 15 is 0 Å². The van der Waals surface area contributed by atoms with Gasteiger partial charge in [0, 0.05) is 23.7 Å². The van der Waals surface area contributed by atoms with Crippen LogP contribution in [0.2, 0.25) is 5.02 Å². The fraction of sp³-hybridized carbons (Fsp3) is 0.0833. The van der Waals surface area contributed by atoms with Crippen LogP contribution in [-0.4, -0.2) is 9.38 Å². The normalized spacial score (nSPS) is 11.1. The van der Waals surface area contributed by atoms with Gasteiger partial charge in [-0.05, 0) is 23.6 Å². The molecule has 3 aromatic rings. The summed E-state index contributed by atoms with van der Waals surface area (Å²) in [6, 6.07) is 7.96. The predicted molar refractivity (Wildman–Crippen MR) is 67.3 cm³/mol. The summed E-state index contributed by atoms with van der Waals surface area (Å²) in [6.07, 6.45) is 4.86. The SMILES string of the molecule is Clc1cccn2cc(Cc3cccs3)nc12. The number of imidazole rings is 1. The maximum atomic E-state index is 6.07. The zero-order valence-electron chi connectivity index (χ0n) is 8.43. The van der Waals surface area contributed by atoms with Gasteiger partial charge in [-0.1, -0.05) is 17.7 Å². The van der Waals surface area contributed by atoms with E-state index in [4.69, 9.17) is 11.6 Å². The van der Waals surface area contributed by atoms with Gasteiger partial charge in [0.2, 0.25) is 0 Å². The van der Waals surface area contributed by atoms with E-state index in [2.05, 4.69) is 22.5 Å². The maximum Gasteiger partial charge on any atom is 0.155 e. The van der Waals surface area contributed by atoms with Crippen molar-refractivity contribution in [3.8, 4) is 0 Å². The number of aromatic nitrogens is 2. The molecule has 0 aliphatic rings. The molecule has 0 amide bonds. The largest absolute Gasteiger partial charge is 0.306 e. The molecule has 0 saturated carbocycles. The molecule has 0 atom stereocenters. The van der Waals surface area contributed by atoms with E-state index in [0.29, 0.717) is 5.02 Å². The third kappa shape index (κ3) is 1.72. The fourth-order valence-corrected chi connectivity index (χ4v) is 2.64.